The van der Waals surface area contributed by atoms with Crippen LogP contribution in [0.5, 0.6) is 0 Å². The van der Waals surface area contributed by atoms with Crippen LogP contribution in [0.3, 0.4) is 0 Å². The zero-order chi connectivity index (χ0) is 6.28. The molecule has 0 aliphatic heterocycles. The van der Waals surface area contributed by atoms with Crippen molar-refractivity contribution in [3.63, 3.8) is 0 Å². The van der Waals surface area contributed by atoms with Gasteiger partial charge in [-0.1, -0.05) is 0 Å². The summed E-state index contributed by atoms with van der Waals surface area (Å²) in [5.74, 6) is 0. The van der Waals surface area contributed by atoms with Gasteiger partial charge in [0.15, 0.2) is 5.34 Å². The summed E-state index contributed by atoms with van der Waals surface area (Å²) in [6.45, 7) is 0. The molecule has 0 bridgehead atoms. The summed E-state index contributed by atoms with van der Waals surface area (Å²) >= 11 is 0. The third-order valence-electron chi connectivity index (χ3n) is 0. The molecule has 0 rings (SSSR count). The molecule has 0 saturated carbocycles. The van der Waals surface area contributed by atoms with Gasteiger partial charge in [0.05, 0.1) is 0 Å². The van der Waals surface area contributed by atoms with Crippen molar-refractivity contribution < 1.29 is 20.2 Å². The van der Waals surface area contributed by atoms with Crippen molar-refractivity contribution >= 4 is 43.9 Å². The summed E-state index contributed by atoms with van der Waals surface area (Å²) < 4.78 is 0. The van der Waals surface area contributed by atoms with Gasteiger partial charge >= 0.3 is 43.9 Å². The van der Waals surface area contributed by atoms with Gasteiger partial charge in [-0.3, -0.25) is 0 Å². The Morgan fingerprint density at radius 3 is 1.38 bits per heavy atom. The summed E-state index contributed by atoms with van der Waals surface area (Å²) in [5, 5.41) is 21.8. The van der Waals surface area contributed by atoms with E-state index in [1.165, 1.54) is 5.34 Å². The zero-order valence-electron chi connectivity index (χ0n) is 3.11. The van der Waals surface area contributed by atoms with Crippen LogP contribution in [0.25, 0.3) is 0 Å². The van der Waals surface area contributed by atoms with E-state index in [0.717, 1.165) is 0 Å². The summed E-state index contributed by atoms with van der Waals surface area (Å²) in [5.41, 5.74) is 0. The topological polar surface area (TPSA) is 107 Å². The second kappa shape index (κ2) is 15.8. The third-order valence-corrected chi connectivity index (χ3v) is 0. The Balaban J connectivity index is -0.0000000575. The van der Waals surface area contributed by atoms with E-state index in [4.69, 9.17) is 25.1 Å². The minimum absolute atomic E-state index is 0. The van der Waals surface area contributed by atoms with Crippen LogP contribution in [-0.2, 0) is 0 Å². The van der Waals surface area contributed by atoms with Crippen molar-refractivity contribution in [2.24, 2.45) is 5.34 Å². The van der Waals surface area contributed by atoms with Crippen LogP contribution in [0, 0.1) is 4.91 Å². The van der Waals surface area contributed by atoms with Gasteiger partial charge in [0, 0.05) is 0 Å². The van der Waals surface area contributed by atoms with E-state index >= 15 is 0 Å². The molecule has 0 aromatic heterocycles. The number of carbonyl (C=O) groups is 1. The number of rotatable bonds is 0. The van der Waals surface area contributed by atoms with Crippen molar-refractivity contribution in [2.45, 2.75) is 0 Å². The fourth-order valence-electron chi connectivity index (χ4n) is 0. The molecular formula is CH5CaNO5. The first-order valence-electron chi connectivity index (χ1n) is 1.03. The average Bonchev–Trinajstić information content (AvgIpc) is 1.33. The van der Waals surface area contributed by atoms with E-state index in [0.29, 0.717) is 0 Å². The predicted octanol–water partition coefficient (Wildman–Crippen LogP) is -0.552. The standard InChI is InChI=1S/CH2O3.Ca.HNO2.2H/c2-1(3)4;;2-1-3;;/h(H2,2,3,4);;(H,2,3);;. The van der Waals surface area contributed by atoms with Crippen LogP contribution in [0.1, 0.15) is 0 Å². The molecule has 6 nitrogen and oxygen atoms in total. The average molecular weight is 151 g/mol. The van der Waals surface area contributed by atoms with Crippen molar-refractivity contribution in [3.05, 3.63) is 4.91 Å². The Labute approximate surface area is 74.1 Å². The SMILES string of the molecule is O=C(O)O.O=NO.[CaH2]. The van der Waals surface area contributed by atoms with Crippen LogP contribution in [0.15, 0.2) is 5.34 Å². The van der Waals surface area contributed by atoms with Crippen LogP contribution in [-0.4, -0.2) is 59.3 Å². The van der Waals surface area contributed by atoms with Gasteiger partial charge in [-0.2, -0.15) is 0 Å². The fraction of sp³-hybridized carbons (Fsp3) is 0. The van der Waals surface area contributed by atoms with Gasteiger partial charge in [0.25, 0.3) is 0 Å². The second-order valence-electron chi connectivity index (χ2n) is 0.364. The molecule has 0 aliphatic carbocycles. The van der Waals surface area contributed by atoms with E-state index in [1.807, 2.05) is 0 Å². The Morgan fingerprint density at radius 2 is 1.38 bits per heavy atom. The van der Waals surface area contributed by atoms with Crippen LogP contribution in [0.4, 0.5) is 4.79 Å². The molecule has 0 saturated heterocycles. The van der Waals surface area contributed by atoms with Crippen LogP contribution >= 0.6 is 0 Å². The minimum atomic E-state index is -1.83. The van der Waals surface area contributed by atoms with Crippen molar-refractivity contribution in [3.8, 4) is 0 Å². The van der Waals surface area contributed by atoms with E-state index < -0.39 is 6.16 Å². The molecule has 0 aromatic rings. The Hall–Kier alpha value is -0.0703. The summed E-state index contributed by atoms with van der Waals surface area (Å²) in [6.07, 6.45) is -1.83. The van der Waals surface area contributed by atoms with Crippen molar-refractivity contribution in [2.75, 3.05) is 0 Å². The molecule has 0 amide bonds. The van der Waals surface area contributed by atoms with Crippen molar-refractivity contribution in [1.82, 2.24) is 0 Å². The Morgan fingerprint density at radius 1 is 1.38 bits per heavy atom. The maximum absolute atomic E-state index is 8.56. The molecule has 46 valence electrons. The second-order valence-corrected chi connectivity index (χ2v) is 0.364. The molecule has 0 fully saturated rings. The summed E-state index contributed by atoms with van der Waals surface area (Å²) in [7, 11) is 0. The molecular weight excluding hydrogens is 146 g/mol. The van der Waals surface area contributed by atoms with Crippen LogP contribution in [0.2, 0.25) is 0 Å². The fourth-order valence-corrected chi connectivity index (χ4v) is 0. The van der Waals surface area contributed by atoms with Gasteiger partial charge < -0.3 is 15.4 Å². The molecule has 7 heteroatoms. The Kier molecular flexibility index (Phi) is 30.9. The molecule has 3 N–H and O–H groups in total. The first-order chi connectivity index (χ1) is 3.15. The first kappa shape index (κ1) is 15.7. The molecule has 0 aromatic carbocycles. The monoisotopic (exact) mass is 151 g/mol. The predicted molar refractivity (Wildman–Crippen MR) is 26.8 cm³/mol. The summed E-state index contributed by atoms with van der Waals surface area (Å²) in [4.78, 5) is 16.7. The van der Waals surface area contributed by atoms with Gasteiger partial charge in [0.2, 0.25) is 0 Å². The maximum atomic E-state index is 8.56. The number of hydrogen-bond acceptors (Lipinski definition) is 3. The molecule has 0 unspecified atom stereocenters. The van der Waals surface area contributed by atoms with Gasteiger partial charge in [-0.15, -0.1) is 4.91 Å². The van der Waals surface area contributed by atoms with E-state index in [-0.39, 0.29) is 37.7 Å². The number of carboxylic acid groups (broad SMARTS) is 2. The van der Waals surface area contributed by atoms with Crippen LogP contribution < -0.4 is 0 Å². The van der Waals surface area contributed by atoms with E-state index in [1.54, 1.807) is 0 Å². The normalized spacial score (nSPS) is 4.50. The Bertz CT molecular complexity index is 59.4. The number of hydrogen-bond donors (Lipinski definition) is 3. The molecule has 0 aliphatic rings. The van der Waals surface area contributed by atoms with Crippen molar-refractivity contribution in [1.29, 1.82) is 0 Å². The zero-order valence-corrected chi connectivity index (χ0v) is 3.11. The van der Waals surface area contributed by atoms with E-state index in [9.17, 15) is 0 Å². The molecule has 0 atom stereocenters. The van der Waals surface area contributed by atoms with Gasteiger partial charge in [-0.05, 0) is 0 Å². The quantitative estimate of drug-likeness (QED) is 0.244. The first-order valence-corrected chi connectivity index (χ1v) is 1.03. The molecule has 8 heavy (non-hydrogen) atoms. The third kappa shape index (κ3) is 29200. The molecule has 0 heterocycles. The number of nitrogens with zero attached hydrogens (tertiary/aromatic N) is 1. The van der Waals surface area contributed by atoms with Gasteiger partial charge in [-0.25, -0.2) is 4.79 Å². The molecule has 0 radical (unpaired) electrons. The van der Waals surface area contributed by atoms with Gasteiger partial charge in [0.1, 0.15) is 0 Å². The van der Waals surface area contributed by atoms with E-state index in [2.05, 4.69) is 0 Å². The summed E-state index contributed by atoms with van der Waals surface area (Å²) in [6, 6.07) is 0. The molecule has 0 spiro atoms.